The van der Waals surface area contributed by atoms with Crippen molar-refractivity contribution in [2.45, 2.75) is 11.6 Å². The van der Waals surface area contributed by atoms with E-state index in [9.17, 15) is 8.42 Å². The third-order valence-electron chi connectivity index (χ3n) is 2.54. The lowest BCUT2D eigenvalue weighted by molar-refractivity contribution is 0.588. The second-order valence-corrected chi connectivity index (χ2v) is 6.99. The number of nitrogens with two attached hydrogens (primary N) is 1. The highest BCUT2D eigenvalue weighted by molar-refractivity contribution is 7.98. The molecule has 0 amide bonds. The zero-order valence-corrected chi connectivity index (χ0v) is 11.6. The summed E-state index contributed by atoms with van der Waals surface area (Å²) in [6.07, 6.45) is 2.58. The lowest BCUT2D eigenvalue weighted by Gasteiger charge is -1.99. The quantitative estimate of drug-likeness (QED) is 0.644. The van der Waals surface area contributed by atoms with Gasteiger partial charge in [0, 0.05) is 5.69 Å². The highest BCUT2D eigenvalue weighted by atomic mass is 32.2. The van der Waals surface area contributed by atoms with E-state index >= 15 is 0 Å². The fourth-order valence-electron chi connectivity index (χ4n) is 1.64. The molecule has 0 spiro atoms. The summed E-state index contributed by atoms with van der Waals surface area (Å²) in [6.45, 7) is 0. The number of imidazole rings is 1. The lowest BCUT2D eigenvalue weighted by Crippen LogP contribution is -2.09. The van der Waals surface area contributed by atoms with Crippen LogP contribution in [0.25, 0.3) is 11.0 Å². The molecule has 18 heavy (non-hydrogen) atoms. The van der Waals surface area contributed by atoms with Crippen molar-refractivity contribution in [3.05, 3.63) is 18.2 Å². The minimum absolute atomic E-state index is 0.0317. The third kappa shape index (κ3) is 2.78. The van der Waals surface area contributed by atoms with Gasteiger partial charge in [0.2, 0.25) is 15.0 Å². The van der Waals surface area contributed by atoms with E-state index in [1.165, 1.54) is 0 Å². The van der Waals surface area contributed by atoms with Crippen molar-refractivity contribution in [1.82, 2.24) is 9.97 Å². The Kier molecular flexibility index (Phi) is 3.82. The normalized spacial score (nSPS) is 12.1. The van der Waals surface area contributed by atoms with Crippen LogP contribution in [0.4, 0.5) is 5.69 Å². The molecule has 3 N–H and O–H groups in total. The van der Waals surface area contributed by atoms with E-state index in [0.29, 0.717) is 23.1 Å². The molecule has 2 rings (SSSR count). The lowest BCUT2D eigenvalue weighted by atomic mass is 10.3. The maximum absolute atomic E-state index is 12.0. The number of nitrogens with one attached hydrogen (secondary N) is 1. The summed E-state index contributed by atoms with van der Waals surface area (Å²) < 4.78 is 24.1. The maximum Gasteiger partial charge on any atom is 0.226 e. The first-order chi connectivity index (χ1) is 8.53. The van der Waals surface area contributed by atoms with Gasteiger partial charge < -0.3 is 10.7 Å². The number of hydrogen-bond acceptors (Lipinski definition) is 5. The number of anilines is 1. The molecular weight excluding hydrogens is 270 g/mol. The molecule has 0 saturated heterocycles. The fraction of sp³-hybridized carbons (Fsp3) is 0.364. The summed E-state index contributed by atoms with van der Waals surface area (Å²) in [7, 11) is -3.33. The van der Waals surface area contributed by atoms with Gasteiger partial charge in [-0.2, -0.15) is 11.8 Å². The highest BCUT2D eigenvalue weighted by Gasteiger charge is 2.18. The molecular formula is C11H15N3O2S2. The molecule has 98 valence electrons. The number of nitrogens with zero attached hydrogens (tertiary/aromatic N) is 1. The van der Waals surface area contributed by atoms with Crippen LogP contribution in [0.1, 0.15) is 6.42 Å². The van der Waals surface area contributed by atoms with Crippen LogP contribution < -0.4 is 5.73 Å². The van der Waals surface area contributed by atoms with Gasteiger partial charge in [0.1, 0.15) is 0 Å². The molecule has 0 unspecified atom stereocenters. The number of fused-ring (bicyclic) bond motifs is 1. The number of hydrogen-bond donors (Lipinski definition) is 2. The Morgan fingerprint density at radius 1 is 1.44 bits per heavy atom. The van der Waals surface area contributed by atoms with Gasteiger partial charge in [-0.1, -0.05) is 0 Å². The average molecular weight is 285 g/mol. The Hall–Kier alpha value is -1.21. The smallest absolute Gasteiger partial charge is 0.226 e. The molecule has 0 bridgehead atoms. The molecule has 0 aliphatic rings. The Labute approximate surface area is 110 Å². The minimum atomic E-state index is -3.33. The first-order valence-corrected chi connectivity index (χ1v) is 8.54. The minimum Gasteiger partial charge on any atom is -0.399 e. The van der Waals surface area contributed by atoms with Crippen molar-refractivity contribution in [1.29, 1.82) is 0 Å². The van der Waals surface area contributed by atoms with Crippen molar-refractivity contribution >= 4 is 38.3 Å². The first kappa shape index (κ1) is 13.2. The van der Waals surface area contributed by atoms with Crippen molar-refractivity contribution in [2.24, 2.45) is 0 Å². The zero-order chi connectivity index (χ0) is 13.2. The number of H-pyrrole nitrogens is 1. The van der Waals surface area contributed by atoms with Crippen molar-refractivity contribution in [2.75, 3.05) is 23.5 Å². The molecule has 0 radical (unpaired) electrons. The zero-order valence-electron chi connectivity index (χ0n) is 10.0. The molecule has 0 saturated carbocycles. The molecule has 0 aliphatic carbocycles. The molecule has 0 atom stereocenters. The average Bonchev–Trinajstić information content (AvgIpc) is 2.72. The van der Waals surface area contributed by atoms with Crippen LogP contribution >= 0.6 is 11.8 Å². The van der Waals surface area contributed by atoms with E-state index in [-0.39, 0.29) is 10.9 Å². The predicted octanol–water partition coefficient (Wildman–Crippen LogP) is 1.67. The van der Waals surface area contributed by atoms with E-state index in [1.54, 1.807) is 30.0 Å². The number of rotatable bonds is 5. The van der Waals surface area contributed by atoms with Gasteiger partial charge in [0.15, 0.2) is 0 Å². The topological polar surface area (TPSA) is 88.8 Å². The van der Waals surface area contributed by atoms with Gasteiger partial charge in [-0.05, 0) is 36.6 Å². The summed E-state index contributed by atoms with van der Waals surface area (Å²) in [5.41, 5.74) is 7.49. The van der Waals surface area contributed by atoms with E-state index < -0.39 is 9.84 Å². The first-order valence-electron chi connectivity index (χ1n) is 5.50. The molecule has 2 aromatic rings. The van der Waals surface area contributed by atoms with Crippen LogP contribution in [0.5, 0.6) is 0 Å². The van der Waals surface area contributed by atoms with Gasteiger partial charge in [-0.15, -0.1) is 0 Å². The summed E-state index contributed by atoms with van der Waals surface area (Å²) in [5.74, 6) is 0.940. The number of aromatic nitrogens is 2. The van der Waals surface area contributed by atoms with E-state index in [4.69, 9.17) is 5.73 Å². The Morgan fingerprint density at radius 2 is 2.22 bits per heavy atom. The highest BCUT2D eigenvalue weighted by Crippen LogP contribution is 2.18. The van der Waals surface area contributed by atoms with Crippen LogP contribution in [-0.4, -0.2) is 36.1 Å². The van der Waals surface area contributed by atoms with Gasteiger partial charge >= 0.3 is 0 Å². The van der Waals surface area contributed by atoms with Crippen LogP contribution in [0.2, 0.25) is 0 Å². The van der Waals surface area contributed by atoms with Gasteiger partial charge in [-0.25, -0.2) is 13.4 Å². The van der Waals surface area contributed by atoms with Crippen molar-refractivity contribution < 1.29 is 8.42 Å². The second-order valence-electron chi connectivity index (χ2n) is 3.98. The van der Waals surface area contributed by atoms with Gasteiger partial charge in [0.25, 0.3) is 0 Å². The molecule has 0 fully saturated rings. The van der Waals surface area contributed by atoms with Crippen molar-refractivity contribution in [3.63, 3.8) is 0 Å². The molecule has 0 aliphatic heterocycles. The third-order valence-corrected chi connectivity index (χ3v) is 4.85. The second kappa shape index (κ2) is 5.19. The summed E-state index contributed by atoms with van der Waals surface area (Å²) in [6, 6.07) is 5.10. The standard InChI is InChI=1S/C11H15N3O2S2/c1-17-5-2-6-18(15,16)11-13-9-4-3-8(12)7-10(9)14-11/h3-4,7H,2,5-6,12H2,1H3,(H,13,14). The van der Waals surface area contributed by atoms with Crippen LogP contribution in [0.15, 0.2) is 23.4 Å². The number of nitrogen functional groups attached to an aromatic ring is 1. The Morgan fingerprint density at radius 3 is 2.94 bits per heavy atom. The maximum atomic E-state index is 12.0. The predicted molar refractivity (Wildman–Crippen MR) is 75.6 cm³/mol. The number of benzene rings is 1. The molecule has 5 nitrogen and oxygen atoms in total. The summed E-state index contributed by atoms with van der Waals surface area (Å²) in [4.78, 5) is 6.92. The van der Waals surface area contributed by atoms with Crippen molar-refractivity contribution in [3.8, 4) is 0 Å². The fourth-order valence-corrected chi connectivity index (χ4v) is 3.48. The van der Waals surface area contributed by atoms with Crippen LogP contribution in [0, 0.1) is 0 Å². The van der Waals surface area contributed by atoms with E-state index in [0.717, 1.165) is 5.75 Å². The SMILES string of the molecule is CSCCCS(=O)(=O)c1nc2ccc(N)cc2[nH]1. The largest absolute Gasteiger partial charge is 0.399 e. The van der Waals surface area contributed by atoms with E-state index in [2.05, 4.69) is 9.97 Å². The van der Waals surface area contributed by atoms with Crippen LogP contribution in [0.3, 0.4) is 0 Å². The number of aromatic amines is 1. The van der Waals surface area contributed by atoms with E-state index in [1.807, 2.05) is 6.26 Å². The molecule has 1 heterocycles. The van der Waals surface area contributed by atoms with Gasteiger partial charge in [-0.3, -0.25) is 0 Å². The number of sulfone groups is 1. The monoisotopic (exact) mass is 285 g/mol. The van der Waals surface area contributed by atoms with Gasteiger partial charge in [0.05, 0.1) is 16.8 Å². The number of thioether (sulfide) groups is 1. The summed E-state index contributed by atoms with van der Waals surface area (Å²) >= 11 is 1.63. The molecule has 1 aromatic carbocycles. The molecule has 7 heteroatoms. The molecule has 1 aromatic heterocycles. The Bertz CT molecular complexity index is 649. The summed E-state index contributed by atoms with van der Waals surface area (Å²) in [5, 5.41) is 0.0317. The van der Waals surface area contributed by atoms with Crippen LogP contribution in [-0.2, 0) is 9.84 Å². The Balaban J connectivity index is 2.30.